The van der Waals surface area contributed by atoms with Crippen molar-refractivity contribution in [1.29, 1.82) is 0 Å². The number of hydrogen-bond acceptors (Lipinski definition) is 7. The fraction of sp³-hybridized carbons (Fsp3) is 0.600. The van der Waals surface area contributed by atoms with E-state index in [1.54, 1.807) is 25.1 Å². The van der Waals surface area contributed by atoms with E-state index in [0.717, 1.165) is 22.7 Å². The number of methoxy groups -OCH3 is 1. The van der Waals surface area contributed by atoms with Gasteiger partial charge in [0, 0.05) is 32.8 Å². The largest absolute Gasteiger partial charge is 0.385 e. The maximum atomic E-state index is 11.4. The highest BCUT2D eigenvalue weighted by Crippen LogP contribution is 2.42. The molecule has 1 aliphatic rings. The third kappa shape index (κ3) is 3.69. The van der Waals surface area contributed by atoms with Gasteiger partial charge in [-0.2, -0.15) is 0 Å². The number of primary sulfonamides is 1. The molecule has 0 bridgehead atoms. The molecule has 1 atom stereocenters. The number of hydrogen-bond donors (Lipinski definition) is 2. The maximum Gasteiger partial charge on any atom is 0.247 e. The lowest BCUT2D eigenvalue weighted by Gasteiger charge is -2.29. The molecule has 4 N–H and O–H groups in total. The Morgan fingerprint density at radius 2 is 2.32 bits per heavy atom. The Kier molecular flexibility index (Phi) is 4.88. The second kappa shape index (κ2) is 6.08. The second-order valence-corrected chi connectivity index (χ2v) is 8.49. The standard InChI is InChI=1S/C10H17N3O3S3/c1-16-4-2-3-13-6-8(11)7-5-9(19(12,14)15)17-10(7)18-13/h5,8H,2-4,6,11H2,1H3,(H2,12,14,15). The lowest BCUT2D eigenvalue weighted by molar-refractivity contribution is 0.187. The van der Waals surface area contributed by atoms with E-state index < -0.39 is 10.0 Å². The van der Waals surface area contributed by atoms with Gasteiger partial charge in [-0.05, 0) is 30.0 Å². The Balaban J connectivity index is 2.13. The van der Waals surface area contributed by atoms with Crippen molar-refractivity contribution in [2.75, 3.05) is 26.8 Å². The molecule has 9 heteroatoms. The Morgan fingerprint density at radius 3 is 2.95 bits per heavy atom. The molecule has 0 saturated heterocycles. The molecule has 1 unspecified atom stereocenters. The van der Waals surface area contributed by atoms with Gasteiger partial charge in [0.25, 0.3) is 0 Å². The first kappa shape index (κ1) is 15.2. The van der Waals surface area contributed by atoms with Crippen molar-refractivity contribution in [1.82, 2.24) is 4.31 Å². The average molecular weight is 323 g/mol. The van der Waals surface area contributed by atoms with E-state index in [0.29, 0.717) is 13.2 Å². The third-order valence-electron chi connectivity index (χ3n) is 2.75. The summed E-state index contributed by atoms with van der Waals surface area (Å²) in [7, 11) is -1.98. The minimum absolute atomic E-state index is 0.175. The molecule has 0 spiro atoms. The summed E-state index contributed by atoms with van der Waals surface area (Å²) in [6.07, 6.45) is 0.916. The lowest BCUT2D eigenvalue weighted by atomic mass is 10.1. The quantitative estimate of drug-likeness (QED) is 0.613. The van der Waals surface area contributed by atoms with Crippen molar-refractivity contribution in [2.24, 2.45) is 10.9 Å². The van der Waals surface area contributed by atoms with Crippen molar-refractivity contribution >= 4 is 33.3 Å². The SMILES string of the molecule is COCCCN1CC(N)c2cc(S(N)(=O)=O)sc2S1. The van der Waals surface area contributed by atoms with E-state index in [1.165, 1.54) is 11.3 Å². The van der Waals surface area contributed by atoms with Crippen LogP contribution in [-0.2, 0) is 14.8 Å². The van der Waals surface area contributed by atoms with Gasteiger partial charge in [-0.1, -0.05) is 0 Å². The number of sulfonamides is 1. The van der Waals surface area contributed by atoms with Crippen molar-refractivity contribution in [3.05, 3.63) is 11.6 Å². The van der Waals surface area contributed by atoms with Crippen LogP contribution in [0.5, 0.6) is 0 Å². The summed E-state index contributed by atoms with van der Waals surface area (Å²) in [6.45, 7) is 2.25. The van der Waals surface area contributed by atoms with E-state index in [2.05, 4.69) is 4.31 Å². The second-order valence-electron chi connectivity index (χ2n) is 4.29. The molecule has 2 rings (SSSR count). The molecule has 108 valence electrons. The fourth-order valence-corrected chi connectivity index (χ4v) is 5.43. The van der Waals surface area contributed by atoms with Crippen molar-refractivity contribution in [3.8, 4) is 0 Å². The van der Waals surface area contributed by atoms with E-state index in [-0.39, 0.29) is 10.3 Å². The van der Waals surface area contributed by atoms with Crippen molar-refractivity contribution < 1.29 is 13.2 Å². The molecule has 0 saturated carbocycles. The van der Waals surface area contributed by atoms with Crippen LogP contribution in [0.2, 0.25) is 0 Å². The van der Waals surface area contributed by atoms with E-state index in [4.69, 9.17) is 15.6 Å². The Labute approximate surface area is 121 Å². The topological polar surface area (TPSA) is 98.7 Å². The third-order valence-corrected chi connectivity index (χ3v) is 6.58. The van der Waals surface area contributed by atoms with Crippen LogP contribution in [0.25, 0.3) is 0 Å². The highest BCUT2D eigenvalue weighted by atomic mass is 32.3. The highest BCUT2D eigenvalue weighted by molar-refractivity contribution is 7.99. The highest BCUT2D eigenvalue weighted by Gasteiger charge is 2.28. The molecule has 1 aromatic heterocycles. The van der Waals surface area contributed by atoms with Crippen LogP contribution < -0.4 is 10.9 Å². The summed E-state index contributed by atoms with van der Waals surface area (Å²) in [5, 5.41) is 5.15. The monoisotopic (exact) mass is 323 g/mol. The zero-order valence-corrected chi connectivity index (χ0v) is 13.0. The predicted octanol–water partition coefficient (Wildman–Crippen LogP) is 0.755. The maximum absolute atomic E-state index is 11.4. The first-order chi connectivity index (χ1) is 8.91. The summed E-state index contributed by atoms with van der Waals surface area (Å²) in [6, 6.07) is 1.42. The molecule has 0 radical (unpaired) electrons. The first-order valence-corrected chi connectivity index (χ1v) is 8.89. The zero-order valence-electron chi connectivity index (χ0n) is 10.5. The number of fused-ring (bicyclic) bond motifs is 1. The first-order valence-electron chi connectivity index (χ1n) is 5.76. The van der Waals surface area contributed by atoms with Gasteiger partial charge in [0.1, 0.15) is 4.21 Å². The van der Waals surface area contributed by atoms with Gasteiger partial charge in [0.2, 0.25) is 10.0 Å². The summed E-state index contributed by atoms with van der Waals surface area (Å²) < 4.78 is 31.0. The van der Waals surface area contributed by atoms with E-state index in [9.17, 15) is 8.42 Å². The number of nitrogens with zero attached hydrogens (tertiary/aromatic N) is 1. The van der Waals surface area contributed by atoms with Gasteiger partial charge in [-0.3, -0.25) is 0 Å². The zero-order chi connectivity index (χ0) is 14.0. The van der Waals surface area contributed by atoms with Gasteiger partial charge < -0.3 is 10.5 Å². The van der Waals surface area contributed by atoms with Gasteiger partial charge in [-0.15, -0.1) is 11.3 Å². The number of ether oxygens (including phenoxy) is 1. The fourth-order valence-electron chi connectivity index (χ4n) is 1.83. The van der Waals surface area contributed by atoms with Crippen molar-refractivity contribution in [2.45, 2.75) is 20.9 Å². The van der Waals surface area contributed by atoms with Crippen LogP contribution in [0.4, 0.5) is 0 Å². The lowest BCUT2D eigenvalue weighted by Crippen LogP contribution is -2.31. The molecular weight excluding hydrogens is 306 g/mol. The Bertz CT molecular complexity index is 543. The van der Waals surface area contributed by atoms with Crippen molar-refractivity contribution in [3.63, 3.8) is 0 Å². The molecule has 1 aromatic rings. The summed E-state index contributed by atoms with van der Waals surface area (Å²) in [5.41, 5.74) is 6.96. The smallest absolute Gasteiger partial charge is 0.247 e. The molecule has 6 nitrogen and oxygen atoms in total. The number of thiophene rings is 1. The van der Waals surface area contributed by atoms with Crippen LogP contribution in [0.15, 0.2) is 14.5 Å². The molecule has 2 heterocycles. The molecule has 1 aliphatic heterocycles. The Morgan fingerprint density at radius 1 is 1.58 bits per heavy atom. The molecular formula is C10H17N3O3S3. The van der Waals surface area contributed by atoms with E-state index >= 15 is 0 Å². The molecule has 0 fully saturated rings. The van der Waals surface area contributed by atoms with Crippen LogP contribution >= 0.6 is 23.3 Å². The summed E-state index contributed by atoms with van der Waals surface area (Å²) in [5.74, 6) is 0. The van der Waals surface area contributed by atoms with Crippen LogP contribution in [-0.4, -0.2) is 39.5 Å². The van der Waals surface area contributed by atoms with Gasteiger partial charge in [-0.25, -0.2) is 17.9 Å². The van der Waals surface area contributed by atoms with Crippen LogP contribution in [0.3, 0.4) is 0 Å². The minimum Gasteiger partial charge on any atom is -0.385 e. The van der Waals surface area contributed by atoms with E-state index in [1.807, 2.05) is 0 Å². The van der Waals surface area contributed by atoms with Gasteiger partial charge >= 0.3 is 0 Å². The molecule has 0 amide bonds. The average Bonchev–Trinajstić information content (AvgIpc) is 2.73. The molecule has 0 aliphatic carbocycles. The summed E-state index contributed by atoms with van der Waals surface area (Å²) >= 11 is 2.73. The van der Waals surface area contributed by atoms with Crippen LogP contribution in [0, 0.1) is 0 Å². The van der Waals surface area contributed by atoms with Gasteiger partial charge in [0.05, 0.1) is 4.21 Å². The summed E-state index contributed by atoms with van der Waals surface area (Å²) in [4.78, 5) is 0. The molecule has 19 heavy (non-hydrogen) atoms. The normalized spacial score (nSPS) is 20.5. The Hall–Kier alpha value is -0.160. The van der Waals surface area contributed by atoms with Crippen LogP contribution in [0.1, 0.15) is 18.0 Å². The number of rotatable bonds is 5. The van der Waals surface area contributed by atoms with Gasteiger partial charge in [0.15, 0.2) is 0 Å². The predicted molar refractivity (Wildman–Crippen MR) is 76.5 cm³/mol. The number of nitrogens with two attached hydrogens (primary N) is 2. The minimum atomic E-state index is -3.65. The molecule has 0 aromatic carbocycles.